The molecule has 8 heteroatoms. The van der Waals surface area contributed by atoms with Crippen molar-refractivity contribution < 1.29 is 19.4 Å². The highest BCUT2D eigenvalue weighted by molar-refractivity contribution is 7.07. The van der Waals surface area contributed by atoms with Crippen LogP contribution in [0.2, 0.25) is 0 Å². The molecule has 1 heterocycles. The molecule has 0 saturated heterocycles. The number of aromatic carboxylic acids is 1. The summed E-state index contributed by atoms with van der Waals surface area (Å²) in [5.74, 6) is -1.13. The number of methoxy groups -OCH3 is 1. The molecule has 0 saturated carbocycles. The molecule has 0 aliphatic heterocycles. The molecule has 1 amide bonds. The van der Waals surface area contributed by atoms with Crippen molar-refractivity contribution in [3.8, 4) is 5.75 Å². The van der Waals surface area contributed by atoms with Crippen molar-refractivity contribution in [2.24, 2.45) is 0 Å². The first kappa shape index (κ1) is 13.0. The summed E-state index contributed by atoms with van der Waals surface area (Å²) in [5, 5.41) is 15.0. The standard InChI is InChI=1S/C11H9N3O4S/c1-18-8-3-2-6(11(16)17)4-7(8)13-10(15)9-5-12-14-19-9/h2-5H,1H3,(H,13,15)(H,16,17). The number of carboxylic acids is 1. The van der Waals surface area contributed by atoms with Crippen molar-refractivity contribution in [3.63, 3.8) is 0 Å². The second-order valence-corrected chi connectivity index (χ2v) is 4.24. The third-order valence-corrected chi connectivity index (χ3v) is 2.94. The Morgan fingerprint density at radius 1 is 1.42 bits per heavy atom. The van der Waals surface area contributed by atoms with E-state index < -0.39 is 11.9 Å². The summed E-state index contributed by atoms with van der Waals surface area (Å²) in [5.41, 5.74) is 0.333. The summed E-state index contributed by atoms with van der Waals surface area (Å²) in [6.45, 7) is 0. The van der Waals surface area contributed by atoms with Crippen LogP contribution in [0.5, 0.6) is 5.75 Å². The van der Waals surface area contributed by atoms with E-state index in [2.05, 4.69) is 14.9 Å². The molecule has 0 fully saturated rings. The van der Waals surface area contributed by atoms with Gasteiger partial charge < -0.3 is 15.2 Å². The van der Waals surface area contributed by atoms with Gasteiger partial charge >= 0.3 is 5.97 Å². The number of nitrogens with one attached hydrogen (secondary N) is 1. The summed E-state index contributed by atoms with van der Waals surface area (Å²) in [4.78, 5) is 23.1. The van der Waals surface area contributed by atoms with Crippen LogP contribution in [-0.2, 0) is 0 Å². The van der Waals surface area contributed by atoms with Crippen LogP contribution in [0, 0.1) is 0 Å². The number of carbonyl (C=O) groups is 2. The van der Waals surface area contributed by atoms with Gasteiger partial charge in [0.15, 0.2) is 0 Å². The molecule has 0 aliphatic rings. The Kier molecular flexibility index (Phi) is 3.71. The molecule has 2 rings (SSSR count). The molecular weight excluding hydrogens is 270 g/mol. The average Bonchev–Trinajstić information content (AvgIpc) is 2.92. The van der Waals surface area contributed by atoms with Gasteiger partial charge in [-0.25, -0.2) is 4.79 Å². The highest BCUT2D eigenvalue weighted by Crippen LogP contribution is 2.26. The summed E-state index contributed by atoms with van der Waals surface area (Å²) in [7, 11) is 1.43. The molecule has 1 aromatic carbocycles. The van der Waals surface area contributed by atoms with Crippen LogP contribution in [0.15, 0.2) is 24.4 Å². The number of amides is 1. The summed E-state index contributed by atoms with van der Waals surface area (Å²) < 4.78 is 8.64. The second-order valence-electron chi connectivity index (χ2n) is 3.46. The predicted molar refractivity (Wildman–Crippen MR) is 67.8 cm³/mol. The number of carboxylic acid groups (broad SMARTS) is 1. The maximum absolute atomic E-state index is 11.8. The summed E-state index contributed by atoms with van der Waals surface area (Å²) in [6.07, 6.45) is 1.33. The maximum Gasteiger partial charge on any atom is 0.335 e. The highest BCUT2D eigenvalue weighted by Gasteiger charge is 2.14. The SMILES string of the molecule is COc1ccc(C(=O)O)cc1NC(=O)c1cnns1. The van der Waals surface area contributed by atoms with Crippen LogP contribution < -0.4 is 10.1 Å². The molecule has 0 atom stereocenters. The van der Waals surface area contributed by atoms with E-state index >= 15 is 0 Å². The quantitative estimate of drug-likeness (QED) is 0.879. The zero-order valence-corrected chi connectivity index (χ0v) is 10.6. The molecule has 0 bridgehead atoms. The fourth-order valence-corrected chi connectivity index (χ4v) is 1.80. The smallest absolute Gasteiger partial charge is 0.335 e. The minimum atomic E-state index is -1.09. The van der Waals surface area contributed by atoms with E-state index in [1.165, 1.54) is 31.5 Å². The third-order valence-electron chi connectivity index (χ3n) is 2.28. The lowest BCUT2D eigenvalue weighted by Gasteiger charge is -2.09. The molecule has 98 valence electrons. The number of benzene rings is 1. The van der Waals surface area contributed by atoms with Gasteiger partial charge in [0.05, 0.1) is 24.6 Å². The average molecular weight is 279 g/mol. The number of hydrogen-bond acceptors (Lipinski definition) is 6. The number of carbonyl (C=O) groups excluding carboxylic acids is 1. The first-order valence-electron chi connectivity index (χ1n) is 5.12. The van der Waals surface area contributed by atoms with Gasteiger partial charge in [-0.1, -0.05) is 4.49 Å². The van der Waals surface area contributed by atoms with Crippen molar-refractivity contribution in [2.45, 2.75) is 0 Å². The lowest BCUT2D eigenvalue weighted by atomic mass is 10.2. The highest BCUT2D eigenvalue weighted by atomic mass is 32.1. The number of hydrogen-bond donors (Lipinski definition) is 2. The zero-order valence-electron chi connectivity index (χ0n) is 9.78. The lowest BCUT2D eigenvalue weighted by Crippen LogP contribution is -2.12. The van der Waals surface area contributed by atoms with Gasteiger partial charge in [0.1, 0.15) is 10.6 Å². The van der Waals surface area contributed by atoms with E-state index in [1.54, 1.807) is 0 Å². The van der Waals surface area contributed by atoms with Crippen molar-refractivity contribution in [1.82, 2.24) is 9.59 Å². The van der Waals surface area contributed by atoms with Crippen molar-refractivity contribution >= 4 is 29.1 Å². The zero-order chi connectivity index (χ0) is 13.8. The van der Waals surface area contributed by atoms with E-state index in [0.29, 0.717) is 10.6 Å². The van der Waals surface area contributed by atoms with Crippen LogP contribution in [0.3, 0.4) is 0 Å². The number of anilines is 1. The van der Waals surface area contributed by atoms with Crippen LogP contribution in [0.1, 0.15) is 20.0 Å². The van der Waals surface area contributed by atoms with Crippen LogP contribution >= 0.6 is 11.5 Å². The molecule has 0 unspecified atom stereocenters. The maximum atomic E-state index is 11.8. The second kappa shape index (κ2) is 5.44. The van der Waals surface area contributed by atoms with Crippen molar-refractivity contribution in [1.29, 1.82) is 0 Å². The fraction of sp³-hybridized carbons (Fsp3) is 0.0909. The Hall–Kier alpha value is -2.48. The number of ether oxygens (including phenoxy) is 1. The largest absolute Gasteiger partial charge is 0.495 e. The van der Waals surface area contributed by atoms with Crippen molar-refractivity contribution in [2.75, 3.05) is 12.4 Å². The number of nitrogens with zero attached hydrogens (tertiary/aromatic N) is 2. The van der Waals surface area contributed by atoms with Gasteiger partial charge in [-0.15, -0.1) is 5.10 Å². The molecule has 7 nitrogen and oxygen atoms in total. The molecule has 0 spiro atoms. The minimum Gasteiger partial charge on any atom is -0.495 e. The van der Waals surface area contributed by atoms with E-state index in [1.807, 2.05) is 0 Å². The molecule has 0 radical (unpaired) electrons. The Morgan fingerprint density at radius 3 is 2.79 bits per heavy atom. The normalized spacial score (nSPS) is 9.95. The van der Waals surface area contributed by atoms with E-state index in [-0.39, 0.29) is 11.3 Å². The minimum absolute atomic E-state index is 0.0542. The molecular formula is C11H9N3O4S. The number of rotatable bonds is 4. The molecule has 0 aliphatic carbocycles. The fourth-order valence-electron chi connectivity index (χ4n) is 1.39. The Bertz CT molecular complexity index is 612. The first-order valence-corrected chi connectivity index (χ1v) is 5.89. The Morgan fingerprint density at radius 2 is 2.21 bits per heavy atom. The van der Waals surface area contributed by atoms with Crippen LogP contribution in [0.4, 0.5) is 5.69 Å². The Labute approximate surface area is 112 Å². The predicted octanol–water partition coefficient (Wildman–Crippen LogP) is 1.50. The van der Waals surface area contributed by atoms with Gasteiger partial charge in [0.2, 0.25) is 0 Å². The van der Waals surface area contributed by atoms with Crippen molar-refractivity contribution in [3.05, 3.63) is 34.8 Å². The topological polar surface area (TPSA) is 101 Å². The summed E-state index contributed by atoms with van der Waals surface area (Å²) in [6, 6.07) is 4.20. The van der Waals surface area contributed by atoms with Gasteiger partial charge in [0.25, 0.3) is 5.91 Å². The van der Waals surface area contributed by atoms with Gasteiger partial charge in [-0.2, -0.15) is 0 Å². The van der Waals surface area contributed by atoms with Gasteiger partial charge in [0, 0.05) is 0 Å². The van der Waals surface area contributed by atoms with Gasteiger partial charge in [-0.3, -0.25) is 4.79 Å². The molecule has 2 aromatic rings. The number of aromatic nitrogens is 2. The third kappa shape index (κ3) is 2.86. The van der Waals surface area contributed by atoms with E-state index in [0.717, 1.165) is 11.5 Å². The first-order chi connectivity index (χ1) is 9.11. The lowest BCUT2D eigenvalue weighted by molar-refractivity contribution is 0.0696. The molecule has 1 aromatic heterocycles. The van der Waals surface area contributed by atoms with E-state index in [9.17, 15) is 9.59 Å². The summed E-state index contributed by atoms with van der Waals surface area (Å²) >= 11 is 0.944. The molecule has 19 heavy (non-hydrogen) atoms. The van der Waals surface area contributed by atoms with Crippen LogP contribution in [-0.4, -0.2) is 33.7 Å². The van der Waals surface area contributed by atoms with Gasteiger partial charge in [-0.05, 0) is 29.7 Å². The Balaban J connectivity index is 2.30. The van der Waals surface area contributed by atoms with E-state index in [4.69, 9.17) is 9.84 Å². The van der Waals surface area contributed by atoms with Crippen LogP contribution in [0.25, 0.3) is 0 Å². The monoisotopic (exact) mass is 279 g/mol. The molecule has 2 N–H and O–H groups in total.